The minimum atomic E-state index is 0.117. The average Bonchev–Trinajstić information content (AvgIpc) is 3.15. The molecule has 142 valence electrons. The molecule has 2 aromatic heterocycles. The summed E-state index contributed by atoms with van der Waals surface area (Å²) < 4.78 is 4.11. The van der Waals surface area contributed by atoms with E-state index in [2.05, 4.69) is 21.7 Å². The molecular weight excluding hydrogens is 380 g/mol. The first-order valence-corrected chi connectivity index (χ1v) is 10.3. The number of hydrogen-bond donors (Lipinski definition) is 0. The Bertz CT molecular complexity index is 959. The van der Waals surface area contributed by atoms with E-state index in [0.717, 1.165) is 46.5 Å². The van der Waals surface area contributed by atoms with Crippen LogP contribution in [0.15, 0.2) is 35.5 Å². The second-order valence-electron chi connectivity index (χ2n) is 6.52. The molecule has 0 saturated carbocycles. The topological polar surface area (TPSA) is 52.7 Å². The van der Waals surface area contributed by atoms with Crippen LogP contribution in [-0.2, 0) is 13.6 Å². The van der Waals surface area contributed by atoms with Crippen LogP contribution in [0.4, 0.5) is 0 Å². The predicted octanol–water partition coefficient (Wildman–Crippen LogP) is 4.94. The van der Waals surface area contributed by atoms with E-state index in [9.17, 15) is 4.79 Å². The molecule has 3 aromatic rings. The van der Waals surface area contributed by atoms with Crippen LogP contribution in [0, 0.1) is 13.8 Å². The van der Waals surface area contributed by atoms with Crippen LogP contribution in [0.1, 0.15) is 35.1 Å². The number of nitrogens with zero attached hydrogens (tertiary/aromatic N) is 4. The minimum Gasteiger partial charge on any atom is -0.348 e. The molecule has 1 aromatic carbocycles. The lowest BCUT2D eigenvalue weighted by Gasteiger charge is -2.07. The smallest absolute Gasteiger partial charge is 0.191 e. The Balaban J connectivity index is 1.73. The maximum atomic E-state index is 12.7. The van der Waals surface area contributed by atoms with Gasteiger partial charge in [-0.05, 0) is 50.6 Å². The summed E-state index contributed by atoms with van der Waals surface area (Å²) in [5.74, 6) is 1.21. The van der Waals surface area contributed by atoms with Gasteiger partial charge in [0.25, 0.3) is 0 Å². The van der Waals surface area contributed by atoms with Crippen molar-refractivity contribution in [1.29, 1.82) is 0 Å². The number of aryl methyl sites for hydroxylation is 1. The highest BCUT2D eigenvalue weighted by Gasteiger charge is 2.18. The van der Waals surface area contributed by atoms with Gasteiger partial charge in [0.2, 0.25) is 0 Å². The highest BCUT2D eigenvalue weighted by molar-refractivity contribution is 7.99. The zero-order valence-electron chi connectivity index (χ0n) is 16.0. The highest BCUT2D eigenvalue weighted by atomic mass is 35.5. The van der Waals surface area contributed by atoms with Crippen molar-refractivity contribution < 1.29 is 4.79 Å². The van der Waals surface area contributed by atoms with Gasteiger partial charge in [-0.2, -0.15) is 0 Å². The van der Waals surface area contributed by atoms with Gasteiger partial charge in [0.05, 0.1) is 5.75 Å². The maximum Gasteiger partial charge on any atom is 0.191 e. The van der Waals surface area contributed by atoms with Gasteiger partial charge in [0.1, 0.15) is 0 Å². The van der Waals surface area contributed by atoms with E-state index >= 15 is 0 Å². The Labute approximate surface area is 168 Å². The van der Waals surface area contributed by atoms with Crippen LogP contribution in [0.5, 0.6) is 0 Å². The quantitative estimate of drug-likeness (QED) is 0.415. The minimum absolute atomic E-state index is 0.117. The number of ketones is 1. The normalized spacial score (nSPS) is 11.1. The highest BCUT2D eigenvalue weighted by Crippen LogP contribution is 2.25. The number of rotatable bonds is 7. The van der Waals surface area contributed by atoms with E-state index in [1.807, 2.05) is 55.8 Å². The van der Waals surface area contributed by atoms with Crippen molar-refractivity contribution in [3.05, 3.63) is 52.3 Å². The number of hydrogen-bond acceptors (Lipinski definition) is 4. The summed E-state index contributed by atoms with van der Waals surface area (Å²) in [5.41, 5.74) is 3.91. The number of carbonyl (C=O) groups is 1. The molecule has 0 bridgehead atoms. The summed E-state index contributed by atoms with van der Waals surface area (Å²) >= 11 is 7.36. The molecule has 0 saturated heterocycles. The van der Waals surface area contributed by atoms with E-state index in [4.69, 9.17) is 11.6 Å². The molecule has 27 heavy (non-hydrogen) atoms. The third-order valence-corrected chi connectivity index (χ3v) is 5.86. The Morgan fingerprint density at radius 2 is 1.89 bits per heavy atom. The van der Waals surface area contributed by atoms with Crippen molar-refractivity contribution in [2.75, 3.05) is 5.75 Å². The maximum absolute atomic E-state index is 12.7. The number of aromatic nitrogens is 4. The van der Waals surface area contributed by atoms with Crippen molar-refractivity contribution >= 4 is 29.1 Å². The van der Waals surface area contributed by atoms with Crippen molar-refractivity contribution in [3.63, 3.8) is 0 Å². The second-order valence-corrected chi connectivity index (χ2v) is 7.90. The van der Waals surface area contributed by atoms with Gasteiger partial charge < -0.3 is 9.13 Å². The van der Waals surface area contributed by atoms with Crippen molar-refractivity contribution in [2.24, 2.45) is 7.05 Å². The van der Waals surface area contributed by atoms with Gasteiger partial charge in [-0.1, -0.05) is 30.3 Å². The van der Waals surface area contributed by atoms with E-state index in [1.54, 1.807) is 0 Å². The van der Waals surface area contributed by atoms with E-state index in [-0.39, 0.29) is 5.78 Å². The largest absolute Gasteiger partial charge is 0.348 e. The molecule has 3 rings (SSSR count). The summed E-state index contributed by atoms with van der Waals surface area (Å²) in [6.07, 6.45) is 1.05. The van der Waals surface area contributed by atoms with Crippen LogP contribution < -0.4 is 0 Å². The Hall–Kier alpha value is -2.05. The first-order chi connectivity index (χ1) is 12.9. The summed E-state index contributed by atoms with van der Waals surface area (Å²) in [7, 11) is 1.91. The molecule has 0 aliphatic carbocycles. The van der Waals surface area contributed by atoms with Gasteiger partial charge >= 0.3 is 0 Å². The molecule has 5 nitrogen and oxygen atoms in total. The van der Waals surface area contributed by atoms with Crippen molar-refractivity contribution in [3.8, 4) is 11.4 Å². The van der Waals surface area contributed by atoms with Crippen LogP contribution in [0.2, 0.25) is 5.02 Å². The monoisotopic (exact) mass is 402 g/mol. The molecule has 0 aliphatic rings. The second kappa shape index (κ2) is 8.31. The van der Waals surface area contributed by atoms with E-state index < -0.39 is 0 Å². The van der Waals surface area contributed by atoms with Crippen molar-refractivity contribution in [2.45, 2.75) is 38.9 Å². The first-order valence-electron chi connectivity index (χ1n) is 8.90. The third-order valence-electron chi connectivity index (χ3n) is 4.59. The van der Waals surface area contributed by atoms with Crippen LogP contribution in [-0.4, -0.2) is 30.9 Å². The number of halogens is 1. The first kappa shape index (κ1) is 19.7. The molecule has 0 unspecified atom stereocenters. The molecule has 0 spiro atoms. The Morgan fingerprint density at radius 3 is 2.56 bits per heavy atom. The Morgan fingerprint density at radius 1 is 1.19 bits per heavy atom. The molecule has 0 N–H and O–H groups in total. The molecule has 2 heterocycles. The van der Waals surface area contributed by atoms with Crippen LogP contribution in [0.25, 0.3) is 11.4 Å². The fourth-order valence-electron chi connectivity index (χ4n) is 3.15. The van der Waals surface area contributed by atoms with Gasteiger partial charge in [-0.25, -0.2) is 0 Å². The van der Waals surface area contributed by atoms with Gasteiger partial charge in [0, 0.05) is 41.1 Å². The zero-order valence-corrected chi connectivity index (χ0v) is 17.6. The Kier molecular flexibility index (Phi) is 6.07. The summed E-state index contributed by atoms with van der Waals surface area (Å²) in [6, 6.07) is 9.47. The molecule has 0 amide bonds. The number of benzene rings is 1. The van der Waals surface area contributed by atoms with Gasteiger partial charge in [-0.3, -0.25) is 4.79 Å². The predicted molar refractivity (Wildman–Crippen MR) is 111 cm³/mol. The number of Topliss-reactive ketones (excluding diaryl/α,β-unsaturated/α-hetero) is 1. The molecule has 0 radical (unpaired) electrons. The molecule has 0 aliphatic heterocycles. The summed E-state index contributed by atoms with van der Waals surface area (Å²) in [4.78, 5) is 12.7. The van der Waals surface area contributed by atoms with Crippen molar-refractivity contribution in [1.82, 2.24) is 19.3 Å². The SMILES string of the molecule is CCCn1c(C)cc(C(=O)CSc2nnc(-c3ccc(Cl)cc3)n2C)c1C. The lowest BCUT2D eigenvalue weighted by atomic mass is 10.2. The zero-order chi connectivity index (χ0) is 19.6. The van der Waals surface area contributed by atoms with Gasteiger partial charge in [-0.15, -0.1) is 10.2 Å². The number of carbonyl (C=O) groups excluding carboxylic acids is 1. The molecule has 0 fully saturated rings. The van der Waals surface area contributed by atoms with E-state index in [0.29, 0.717) is 10.8 Å². The lowest BCUT2D eigenvalue weighted by Crippen LogP contribution is -2.07. The van der Waals surface area contributed by atoms with Crippen LogP contribution in [0.3, 0.4) is 0 Å². The summed E-state index contributed by atoms with van der Waals surface area (Å²) in [5, 5.41) is 9.90. The average molecular weight is 403 g/mol. The van der Waals surface area contributed by atoms with E-state index in [1.165, 1.54) is 11.8 Å². The number of thioether (sulfide) groups is 1. The fourth-order valence-corrected chi connectivity index (χ4v) is 4.07. The van der Waals surface area contributed by atoms with Crippen LogP contribution >= 0.6 is 23.4 Å². The van der Waals surface area contributed by atoms with Gasteiger partial charge in [0.15, 0.2) is 16.8 Å². The molecular formula is C20H23ClN4OS. The third kappa shape index (κ3) is 4.12. The fraction of sp³-hybridized carbons (Fsp3) is 0.350. The summed E-state index contributed by atoms with van der Waals surface area (Å²) in [6.45, 7) is 7.14. The lowest BCUT2D eigenvalue weighted by molar-refractivity contribution is 0.102. The molecule has 7 heteroatoms. The standard InChI is InChI=1S/C20H23ClN4OS/c1-5-10-25-13(2)11-17(14(25)3)18(26)12-27-20-23-22-19(24(20)4)15-6-8-16(21)9-7-15/h6-9,11H,5,10,12H2,1-4H3. The molecule has 0 atom stereocenters.